The largest absolute Gasteiger partial charge is 0.481 e. The number of urea groups is 1. The molecule has 2 aromatic rings. The zero-order chi connectivity index (χ0) is 15.1. The Bertz CT molecular complexity index is 589. The third-order valence-electron chi connectivity index (χ3n) is 2.75. The van der Waals surface area contributed by atoms with Gasteiger partial charge in [0.2, 0.25) is 0 Å². The minimum absolute atomic E-state index is 0.0258. The maximum Gasteiger partial charge on any atom is 0.320 e. The Morgan fingerprint density at radius 3 is 2.67 bits per heavy atom. The van der Waals surface area contributed by atoms with Gasteiger partial charge in [-0.05, 0) is 12.0 Å². The summed E-state index contributed by atoms with van der Waals surface area (Å²) < 4.78 is 3.64. The van der Waals surface area contributed by atoms with Crippen LogP contribution in [0.5, 0.6) is 0 Å². The first kappa shape index (κ1) is 14.9. The summed E-state index contributed by atoms with van der Waals surface area (Å²) in [6.45, 7) is 0. The average Bonchev–Trinajstić information content (AvgIpc) is 2.97. The third-order valence-corrected chi connectivity index (χ3v) is 3.33. The number of amides is 2. The molecule has 0 radical (unpaired) electrons. The van der Waals surface area contributed by atoms with Gasteiger partial charge in [0.25, 0.3) is 0 Å². The van der Waals surface area contributed by atoms with Crippen LogP contribution in [-0.2, 0) is 4.79 Å². The van der Waals surface area contributed by atoms with Crippen LogP contribution in [0.1, 0.15) is 24.4 Å². The van der Waals surface area contributed by atoms with Crippen LogP contribution in [0, 0.1) is 0 Å². The molecule has 110 valence electrons. The summed E-state index contributed by atoms with van der Waals surface area (Å²) in [5.74, 6) is -0.898. The number of aromatic nitrogens is 2. The van der Waals surface area contributed by atoms with Gasteiger partial charge in [0.05, 0.1) is 12.2 Å². The highest BCUT2D eigenvalue weighted by atomic mass is 32.1. The van der Waals surface area contributed by atoms with Crippen LogP contribution < -0.4 is 10.6 Å². The molecule has 1 heterocycles. The van der Waals surface area contributed by atoms with Crippen molar-refractivity contribution in [3.63, 3.8) is 0 Å². The summed E-state index contributed by atoms with van der Waals surface area (Å²) >= 11 is 1.07. The molecule has 0 aliphatic rings. The molecule has 1 atom stereocenters. The minimum atomic E-state index is -0.898. The Morgan fingerprint density at radius 2 is 2.05 bits per heavy atom. The standard InChI is InChI=1S/C13H14N4O3S/c18-12(19)7-6-10(9-4-2-1-3-5-9)15-13(20)16-11-8-14-17-21-11/h1-5,8,10H,6-7H2,(H,18,19)(H2,15,16,20). The highest BCUT2D eigenvalue weighted by Crippen LogP contribution is 2.19. The molecule has 7 nitrogen and oxygen atoms in total. The molecule has 2 amide bonds. The number of aliphatic carboxylic acids is 1. The molecule has 0 fully saturated rings. The second-order valence-corrected chi connectivity index (χ2v) is 5.06. The van der Waals surface area contributed by atoms with E-state index < -0.39 is 12.0 Å². The van der Waals surface area contributed by atoms with Gasteiger partial charge < -0.3 is 10.4 Å². The highest BCUT2D eigenvalue weighted by molar-refractivity contribution is 7.10. The van der Waals surface area contributed by atoms with Crippen molar-refractivity contribution in [1.29, 1.82) is 0 Å². The van der Waals surface area contributed by atoms with E-state index in [-0.39, 0.29) is 12.5 Å². The SMILES string of the molecule is O=C(O)CCC(NC(=O)Nc1cnns1)c1ccccc1. The monoisotopic (exact) mass is 306 g/mol. The molecule has 1 unspecified atom stereocenters. The van der Waals surface area contributed by atoms with E-state index in [0.29, 0.717) is 11.4 Å². The van der Waals surface area contributed by atoms with E-state index in [2.05, 4.69) is 20.2 Å². The fraction of sp³-hybridized carbons (Fsp3) is 0.231. The normalized spacial score (nSPS) is 11.6. The number of carboxylic acid groups (broad SMARTS) is 1. The van der Waals surface area contributed by atoms with Crippen LogP contribution in [0.15, 0.2) is 36.5 Å². The van der Waals surface area contributed by atoms with Crippen molar-refractivity contribution in [1.82, 2.24) is 14.9 Å². The van der Waals surface area contributed by atoms with E-state index in [1.807, 2.05) is 30.3 Å². The Hall–Kier alpha value is -2.48. The number of carbonyl (C=O) groups excluding carboxylic acids is 1. The summed E-state index contributed by atoms with van der Waals surface area (Å²) in [4.78, 5) is 22.7. The fourth-order valence-electron chi connectivity index (χ4n) is 1.80. The summed E-state index contributed by atoms with van der Waals surface area (Å²) in [5, 5.41) is 18.3. The van der Waals surface area contributed by atoms with E-state index in [1.165, 1.54) is 6.20 Å². The van der Waals surface area contributed by atoms with Crippen LogP contribution in [0.25, 0.3) is 0 Å². The molecule has 0 aliphatic heterocycles. The number of carbonyl (C=O) groups is 2. The van der Waals surface area contributed by atoms with Crippen molar-refractivity contribution in [3.8, 4) is 0 Å². The summed E-state index contributed by atoms with van der Waals surface area (Å²) in [6.07, 6.45) is 1.73. The zero-order valence-electron chi connectivity index (χ0n) is 11.0. The van der Waals surface area contributed by atoms with Crippen molar-refractivity contribution in [3.05, 3.63) is 42.1 Å². The number of hydrogen-bond donors (Lipinski definition) is 3. The van der Waals surface area contributed by atoms with E-state index >= 15 is 0 Å². The van der Waals surface area contributed by atoms with Crippen molar-refractivity contribution in [2.45, 2.75) is 18.9 Å². The van der Waals surface area contributed by atoms with Crippen LogP contribution in [-0.4, -0.2) is 26.7 Å². The molecule has 0 spiro atoms. The quantitative estimate of drug-likeness (QED) is 0.759. The number of benzene rings is 1. The molecule has 2 rings (SSSR count). The first-order valence-electron chi connectivity index (χ1n) is 6.27. The second-order valence-electron chi connectivity index (χ2n) is 4.28. The van der Waals surface area contributed by atoms with Crippen molar-refractivity contribution in [2.24, 2.45) is 0 Å². The predicted octanol–water partition coefficient (Wildman–Crippen LogP) is 2.27. The van der Waals surface area contributed by atoms with Gasteiger partial charge in [0.15, 0.2) is 0 Å². The molecule has 3 N–H and O–H groups in total. The van der Waals surface area contributed by atoms with Crippen LogP contribution in [0.4, 0.5) is 9.80 Å². The molecule has 1 aromatic carbocycles. The zero-order valence-corrected chi connectivity index (χ0v) is 11.8. The lowest BCUT2D eigenvalue weighted by Gasteiger charge is -2.18. The van der Waals surface area contributed by atoms with Crippen molar-refractivity contribution < 1.29 is 14.7 Å². The van der Waals surface area contributed by atoms with E-state index in [4.69, 9.17) is 5.11 Å². The fourth-order valence-corrected chi connectivity index (χ4v) is 2.22. The Balaban J connectivity index is 2.01. The van der Waals surface area contributed by atoms with Gasteiger partial charge in [0.1, 0.15) is 5.00 Å². The van der Waals surface area contributed by atoms with Gasteiger partial charge in [0, 0.05) is 18.0 Å². The average molecular weight is 306 g/mol. The van der Waals surface area contributed by atoms with Crippen molar-refractivity contribution in [2.75, 3.05) is 5.32 Å². The number of carboxylic acids is 1. The highest BCUT2D eigenvalue weighted by Gasteiger charge is 2.16. The lowest BCUT2D eigenvalue weighted by Crippen LogP contribution is -2.32. The molecule has 21 heavy (non-hydrogen) atoms. The molecular weight excluding hydrogens is 292 g/mol. The van der Waals surface area contributed by atoms with Crippen LogP contribution in [0.2, 0.25) is 0 Å². The van der Waals surface area contributed by atoms with Gasteiger partial charge in [-0.3, -0.25) is 10.1 Å². The Morgan fingerprint density at radius 1 is 1.29 bits per heavy atom. The molecule has 0 bridgehead atoms. The predicted molar refractivity (Wildman–Crippen MR) is 78.1 cm³/mol. The first-order valence-corrected chi connectivity index (χ1v) is 7.04. The van der Waals surface area contributed by atoms with Gasteiger partial charge in [-0.25, -0.2) is 4.79 Å². The summed E-state index contributed by atoms with van der Waals surface area (Å²) in [7, 11) is 0. The Labute approximate surface area is 125 Å². The first-order chi connectivity index (χ1) is 10.1. The third kappa shape index (κ3) is 4.84. The molecule has 0 saturated heterocycles. The van der Waals surface area contributed by atoms with E-state index in [1.54, 1.807) is 0 Å². The molecule has 0 saturated carbocycles. The maximum atomic E-state index is 11.9. The molecule has 8 heteroatoms. The minimum Gasteiger partial charge on any atom is -0.481 e. The number of nitrogens with zero attached hydrogens (tertiary/aromatic N) is 2. The maximum absolute atomic E-state index is 11.9. The molecule has 1 aromatic heterocycles. The molecule has 0 aliphatic carbocycles. The van der Waals surface area contributed by atoms with Gasteiger partial charge in [-0.15, -0.1) is 5.10 Å². The van der Waals surface area contributed by atoms with Crippen LogP contribution >= 0.6 is 11.5 Å². The number of anilines is 1. The number of hydrogen-bond acceptors (Lipinski definition) is 5. The molecular formula is C13H14N4O3S. The second kappa shape index (κ2) is 7.34. The van der Waals surface area contributed by atoms with Gasteiger partial charge in [-0.2, -0.15) is 0 Å². The van der Waals surface area contributed by atoms with Crippen LogP contribution in [0.3, 0.4) is 0 Å². The Kier molecular flexibility index (Phi) is 5.22. The topological polar surface area (TPSA) is 104 Å². The number of nitrogens with one attached hydrogen (secondary N) is 2. The summed E-state index contributed by atoms with van der Waals surface area (Å²) in [6, 6.07) is 8.46. The lowest BCUT2D eigenvalue weighted by molar-refractivity contribution is -0.137. The van der Waals surface area contributed by atoms with Gasteiger partial charge >= 0.3 is 12.0 Å². The van der Waals surface area contributed by atoms with E-state index in [9.17, 15) is 9.59 Å². The van der Waals surface area contributed by atoms with E-state index in [0.717, 1.165) is 17.1 Å². The smallest absolute Gasteiger partial charge is 0.320 e. The van der Waals surface area contributed by atoms with Gasteiger partial charge in [-0.1, -0.05) is 34.8 Å². The van der Waals surface area contributed by atoms with Crippen molar-refractivity contribution >= 4 is 28.5 Å². The summed E-state index contributed by atoms with van der Waals surface area (Å²) in [5.41, 5.74) is 0.858. The lowest BCUT2D eigenvalue weighted by atomic mass is 10.0. The number of rotatable bonds is 6.